The van der Waals surface area contributed by atoms with Gasteiger partial charge in [-0.3, -0.25) is 4.79 Å². The van der Waals surface area contributed by atoms with Crippen molar-refractivity contribution < 1.29 is 9.18 Å². The summed E-state index contributed by atoms with van der Waals surface area (Å²) in [6, 6.07) is 11.7. The first-order valence-electron chi connectivity index (χ1n) is 6.89. The second-order valence-electron chi connectivity index (χ2n) is 5.78. The number of rotatable bonds is 4. The largest absolute Gasteiger partial charge is 0.396 e. The van der Waals surface area contributed by atoms with Crippen LogP contribution in [0.5, 0.6) is 0 Å². The predicted molar refractivity (Wildman–Crippen MR) is 87.6 cm³/mol. The third-order valence-corrected chi connectivity index (χ3v) is 3.83. The normalized spacial score (nSPS) is 11.3. The second-order valence-corrected chi connectivity index (χ2v) is 6.21. The maximum absolute atomic E-state index is 13.4. The van der Waals surface area contributed by atoms with Gasteiger partial charge >= 0.3 is 0 Å². The third-order valence-electron chi connectivity index (χ3n) is 3.59. The zero-order valence-corrected chi connectivity index (χ0v) is 13.2. The van der Waals surface area contributed by atoms with Crippen molar-refractivity contribution in [3.05, 3.63) is 64.4 Å². The van der Waals surface area contributed by atoms with Crippen molar-refractivity contribution in [2.45, 2.75) is 19.3 Å². The Kier molecular flexibility index (Phi) is 4.71. The Labute approximate surface area is 134 Å². The molecule has 3 nitrogen and oxygen atoms in total. The summed E-state index contributed by atoms with van der Waals surface area (Å²) in [5.74, 6) is -0.992. The third kappa shape index (κ3) is 3.57. The number of carbonyl (C=O) groups excluding carboxylic acids is 1. The van der Waals surface area contributed by atoms with Crippen molar-refractivity contribution in [3.8, 4) is 0 Å². The molecule has 0 aliphatic carbocycles. The summed E-state index contributed by atoms with van der Waals surface area (Å²) in [4.78, 5) is 12.2. The van der Waals surface area contributed by atoms with Crippen LogP contribution in [0.4, 0.5) is 10.1 Å². The van der Waals surface area contributed by atoms with E-state index in [0.29, 0.717) is 11.6 Å². The van der Waals surface area contributed by atoms with Gasteiger partial charge in [0, 0.05) is 17.0 Å². The number of hydrogen-bond acceptors (Lipinski definition) is 2. The summed E-state index contributed by atoms with van der Waals surface area (Å²) in [6.45, 7) is 4.36. The van der Waals surface area contributed by atoms with Gasteiger partial charge in [0.05, 0.1) is 11.3 Å². The van der Waals surface area contributed by atoms with E-state index in [1.54, 1.807) is 6.07 Å². The standard InChI is InChI=1S/C17H18ClFN2O/c1-17(2,11-5-3-6-12(18)9-11)10-21-16(22)13-7-4-8-14(19)15(13)20/h3-9H,10,20H2,1-2H3,(H,21,22). The van der Waals surface area contributed by atoms with Gasteiger partial charge in [-0.15, -0.1) is 0 Å². The van der Waals surface area contributed by atoms with E-state index < -0.39 is 11.7 Å². The Morgan fingerprint density at radius 2 is 1.95 bits per heavy atom. The molecule has 1 amide bonds. The van der Waals surface area contributed by atoms with Gasteiger partial charge in [0.1, 0.15) is 5.82 Å². The van der Waals surface area contributed by atoms with Gasteiger partial charge in [-0.05, 0) is 29.8 Å². The fourth-order valence-electron chi connectivity index (χ4n) is 2.14. The van der Waals surface area contributed by atoms with Gasteiger partial charge in [0.2, 0.25) is 0 Å². The molecule has 0 spiro atoms. The lowest BCUT2D eigenvalue weighted by molar-refractivity contribution is 0.0946. The molecular formula is C17H18ClFN2O. The predicted octanol–water partition coefficient (Wildman–Crippen LogP) is 3.77. The lowest BCUT2D eigenvalue weighted by Gasteiger charge is -2.26. The number of nitrogen functional groups attached to an aromatic ring is 1. The first-order valence-corrected chi connectivity index (χ1v) is 7.27. The number of nitrogens with one attached hydrogen (secondary N) is 1. The van der Waals surface area contributed by atoms with E-state index in [2.05, 4.69) is 5.32 Å². The minimum absolute atomic E-state index is 0.138. The number of anilines is 1. The lowest BCUT2D eigenvalue weighted by Crippen LogP contribution is -2.37. The van der Waals surface area contributed by atoms with Crippen LogP contribution in [-0.4, -0.2) is 12.5 Å². The average Bonchev–Trinajstić information content (AvgIpc) is 2.48. The minimum Gasteiger partial charge on any atom is -0.396 e. The highest BCUT2D eigenvalue weighted by Gasteiger charge is 2.22. The molecule has 0 aromatic heterocycles. The number of para-hydroxylation sites is 1. The van der Waals surface area contributed by atoms with Crippen LogP contribution in [0.15, 0.2) is 42.5 Å². The van der Waals surface area contributed by atoms with E-state index in [-0.39, 0.29) is 16.7 Å². The van der Waals surface area contributed by atoms with Gasteiger partial charge in [-0.2, -0.15) is 0 Å². The van der Waals surface area contributed by atoms with E-state index in [0.717, 1.165) is 5.56 Å². The Bertz CT molecular complexity index is 701. The molecule has 5 heteroatoms. The molecule has 0 aliphatic heterocycles. The van der Waals surface area contributed by atoms with Gasteiger partial charge in [-0.25, -0.2) is 4.39 Å². The Morgan fingerprint density at radius 3 is 2.64 bits per heavy atom. The average molecular weight is 321 g/mol. The summed E-state index contributed by atoms with van der Waals surface area (Å²) < 4.78 is 13.4. The molecule has 2 rings (SSSR count). The number of nitrogens with two attached hydrogens (primary N) is 1. The molecule has 22 heavy (non-hydrogen) atoms. The van der Waals surface area contributed by atoms with Crippen LogP contribution in [0.3, 0.4) is 0 Å². The van der Waals surface area contributed by atoms with Crippen molar-refractivity contribution in [1.29, 1.82) is 0 Å². The summed E-state index contributed by atoms with van der Waals surface area (Å²) in [5.41, 5.74) is 6.29. The van der Waals surface area contributed by atoms with Crippen LogP contribution in [0.2, 0.25) is 5.02 Å². The van der Waals surface area contributed by atoms with E-state index in [9.17, 15) is 9.18 Å². The second kappa shape index (κ2) is 6.36. The van der Waals surface area contributed by atoms with E-state index in [4.69, 9.17) is 17.3 Å². The first kappa shape index (κ1) is 16.3. The van der Waals surface area contributed by atoms with Gasteiger partial charge < -0.3 is 11.1 Å². The molecule has 0 aliphatic rings. The molecule has 0 saturated carbocycles. The fraction of sp³-hybridized carbons (Fsp3) is 0.235. The molecule has 0 fully saturated rings. The van der Waals surface area contributed by atoms with E-state index in [1.165, 1.54) is 18.2 Å². The lowest BCUT2D eigenvalue weighted by atomic mass is 9.84. The molecule has 0 heterocycles. The van der Waals surface area contributed by atoms with Crippen molar-refractivity contribution in [1.82, 2.24) is 5.32 Å². The van der Waals surface area contributed by atoms with Gasteiger partial charge in [0.15, 0.2) is 0 Å². The van der Waals surface area contributed by atoms with E-state index in [1.807, 2.05) is 32.0 Å². The maximum Gasteiger partial charge on any atom is 0.253 e. The van der Waals surface area contributed by atoms with Crippen LogP contribution in [0.1, 0.15) is 29.8 Å². The van der Waals surface area contributed by atoms with Gasteiger partial charge in [0.25, 0.3) is 5.91 Å². The maximum atomic E-state index is 13.4. The smallest absolute Gasteiger partial charge is 0.253 e. The van der Waals surface area contributed by atoms with Crippen LogP contribution in [-0.2, 0) is 5.41 Å². The number of amides is 1. The molecule has 0 radical (unpaired) electrons. The highest BCUT2D eigenvalue weighted by atomic mass is 35.5. The van der Waals surface area contributed by atoms with Crippen molar-refractivity contribution in [3.63, 3.8) is 0 Å². The molecule has 3 N–H and O–H groups in total. The highest BCUT2D eigenvalue weighted by molar-refractivity contribution is 6.30. The SMILES string of the molecule is CC(C)(CNC(=O)c1cccc(F)c1N)c1cccc(Cl)c1. The fourth-order valence-corrected chi connectivity index (χ4v) is 2.33. The topological polar surface area (TPSA) is 55.1 Å². The minimum atomic E-state index is -0.596. The number of hydrogen-bond donors (Lipinski definition) is 2. The Hall–Kier alpha value is -2.07. The number of halogens is 2. The molecule has 0 unspecified atom stereocenters. The van der Waals surface area contributed by atoms with Crippen LogP contribution >= 0.6 is 11.6 Å². The molecule has 116 valence electrons. The van der Waals surface area contributed by atoms with Crippen molar-refractivity contribution in [2.24, 2.45) is 0 Å². The Morgan fingerprint density at radius 1 is 1.27 bits per heavy atom. The highest BCUT2D eigenvalue weighted by Crippen LogP contribution is 2.25. The van der Waals surface area contributed by atoms with E-state index >= 15 is 0 Å². The number of benzene rings is 2. The van der Waals surface area contributed by atoms with Crippen molar-refractivity contribution >= 4 is 23.2 Å². The van der Waals surface area contributed by atoms with Crippen LogP contribution in [0, 0.1) is 5.82 Å². The Balaban J connectivity index is 2.11. The zero-order valence-electron chi connectivity index (χ0n) is 12.5. The molecule has 2 aromatic rings. The summed E-state index contributed by atoms with van der Waals surface area (Å²) in [7, 11) is 0. The molecule has 2 aromatic carbocycles. The van der Waals surface area contributed by atoms with Crippen LogP contribution < -0.4 is 11.1 Å². The van der Waals surface area contributed by atoms with Gasteiger partial charge in [-0.1, -0.05) is 43.6 Å². The summed E-state index contributed by atoms with van der Waals surface area (Å²) in [6.07, 6.45) is 0. The summed E-state index contributed by atoms with van der Waals surface area (Å²) in [5, 5.41) is 3.44. The van der Waals surface area contributed by atoms with Crippen molar-refractivity contribution in [2.75, 3.05) is 12.3 Å². The molecule has 0 bridgehead atoms. The molecule has 0 saturated heterocycles. The van der Waals surface area contributed by atoms with Crippen LogP contribution in [0.25, 0.3) is 0 Å². The number of carbonyl (C=O) groups is 1. The monoisotopic (exact) mass is 320 g/mol. The molecular weight excluding hydrogens is 303 g/mol. The summed E-state index contributed by atoms with van der Waals surface area (Å²) >= 11 is 6.00. The first-order chi connectivity index (χ1) is 10.3. The zero-order chi connectivity index (χ0) is 16.3. The quantitative estimate of drug-likeness (QED) is 0.843. The molecule has 0 atom stereocenters.